The van der Waals surface area contributed by atoms with Crippen LogP contribution in [0, 0.1) is 11.3 Å². The van der Waals surface area contributed by atoms with Crippen molar-refractivity contribution in [3.05, 3.63) is 29.7 Å². The van der Waals surface area contributed by atoms with Crippen molar-refractivity contribution in [3.8, 4) is 6.07 Å². The second-order valence-corrected chi connectivity index (χ2v) is 3.20. The predicted octanol–water partition coefficient (Wildman–Crippen LogP) is 3.78. The van der Waals surface area contributed by atoms with Crippen molar-refractivity contribution in [1.82, 2.24) is 0 Å². The molecule has 0 aromatic heterocycles. The molecular weight excluding hydrogens is 184 g/mol. The first-order chi connectivity index (χ1) is 7.19. The molecule has 0 atom stereocenters. The number of hydrogen-bond acceptors (Lipinski definition) is 2. The highest BCUT2D eigenvalue weighted by Gasteiger charge is 1.99. The molecule has 0 N–H and O–H groups in total. The molecule has 2 heteroatoms. The predicted molar refractivity (Wildman–Crippen MR) is 64.7 cm³/mol. The van der Waals surface area contributed by atoms with Gasteiger partial charge in [0.1, 0.15) is 11.8 Å². The van der Waals surface area contributed by atoms with Gasteiger partial charge in [-0.25, -0.2) is 4.99 Å². The van der Waals surface area contributed by atoms with Crippen molar-refractivity contribution in [2.24, 2.45) is 4.99 Å². The first-order valence-electron chi connectivity index (χ1n) is 5.24. The zero-order valence-corrected chi connectivity index (χ0v) is 9.80. The van der Waals surface area contributed by atoms with Gasteiger partial charge in [0.2, 0.25) is 0 Å². The van der Waals surface area contributed by atoms with Gasteiger partial charge in [-0.05, 0) is 19.8 Å². The molecule has 0 unspecified atom stereocenters. The highest BCUT2D eigenvalue weighted by atomic mass is 14.8. The van der Waals surface area contributed by atoms with Crippen molar-refractivity contribution in [2.75, 3.05) is 0 Å². The summed E-state index contributed by atoms with van der Waals surface area (Å²) in [5, 5.41) is 8.80. The van der Waals surface area contributed by atoms with E-state index in [1.165, 1.54) is 0 Å². The van der Waals surface area contributed by atoms with Crippen molar-refractivity contribution in [3.63, 3.8) is 0 Å². The minimum absolute atomic E-state index is 0.548. The molecule has 0 aromatic carbocycles. The van der Waals surface area contributed by atoms with Crippen LogP contribution in [0.25, 0.3) is 0 Å². The Hall–Kier alpha value is -1.58. The maximum absolute atomic E-state index is 8.80. The largest absolute Gasteiger partial charge is 0.242 e. The normalized spacial score (nSPS) is 11.9. The summed E-state index contributed by atoms with van der Waals surface area (Å²) >= 11 is 0. The summed E-state index contributed by atoms with van der Waals surface area (Å²) in [6.45, 7) is 9.53. The van der Waals surface area contributed by atoms with E-state index in [-0.39, 0.29) is 0 Å². The number of aliphatic imine (C=N–C) groups is 1. The fourth-order valence-corrected chi connectivity index (χ4v) is 0.983. The minimum atomic E-state index is 0.548. The molecule has 0 bridgehead atoms. The van der Waals surface area contributed by atoms with Crippen LogP contribution in [0.5, 0.6) is 0 Å². The van der Waals surface area contributed by atoms with Crippen LogP contribution in [0.15, 0.2) is 34.6 Å². The summed E-state index contributed by atoms with van der Waals surface area (Å²) in [7, 11) is 0. The molecule has 0 aliphatic rings. The van der Waals surface area contributed by atoms with Gasteiger partial charge in [0.25, 0.3) is 0 Å². The van der Waals surface area contributed by atoms with Gasteiger partial charge >= 0.3 is 0 Å². The second-order valence-electron chi connectivity index (χ2n) is 3.20. The number of hydrogen-bond donors (Lipinski definition) is 0. The van der Waals surface area contributed by atoms with Gasteiger partial charge in [0.05, 0.1) is 5.70 Å². The van der Waals surface area contributed by atoms with Crippen molar-refractivity contribution < 1.29 is 0 Å². The zero-order chi connectivity index (χ0) is 11.7. The molecule has 0 aromatic rings. The van der Waals surface area contributed by atoms with E-state index in [0.717, 1.165) is 24.1 Å². The minimum Gasteiger partial charge on any atom is -0.242 e. The van der Waals surface area contributed by atoms with Crippen LogP contribution in [-0.2, 0) is 0 Å². The molecule has 0 saturated heterocycles. The topological polar surface area (TPSA) is 36.1 Å². The average Bonchev–Trinajstić information content (AvgIpc) is 2.28. The van der Waals surface area contributed by atoms with Crippen LogP contribution < -0.4 is 0 Å². The molecule has 0 spiro atoms. The molecule has 0 aliphatic carbocycles. The lowest BCUT2D eigenvalue weighted by molar-refractivity contribution is 0.946. The van der Waals surface area contributed by atoms with E-state index in [1.54, 1.807) is 0 Å². The Kier molecular flexibility index (Phi) is 6.97. The first-order valence-corrected chi connectivity index (χ1v) is 5.24. The Morgan fingerprint density at radius 2 is 2.13 bits per heavy atom. The Balaban J connectivity index is 5.06. The molecule has 0 rings (SSSR count). The molecular formula is C13H18N2. The van der Waals surface area contributed by atoms with Gasteiger partial charge in [-0.3, -0.25) is 0 Å². The van der Waals surface area contributed by atoms with E-state index in [4.69, 9.17) is 5.26 Å². The van der Waals surface area contributed by atoms with Crippen LogP contribution in [0.1, 0.15) is 40.0 Å². The summed E-state index contributed by atoms with van der Waals surface area (Å²) in [6.07, 6.45) is 4.71. The SMILES string of the molecule is C=C=C(C)/C(=C\CCC)N=C(C#N)CC. The van der Waals surface area contributed by atoms with E-state index >= 15 is 0 Å². The number of nitrogens with zero attached hydrogens (tertiary/aromatic N) is 2. The third kappa shape index (κ3) is 5.00. The van der Waals surface area contributed by atoms with Gasteiger partial charge in [0.15, 0.2) is 0 Å². The summed E-state index contributed by atoms with van der Waals surface area (Å²) in [4.78, 5) is 4.30. The van der Waals surface area contributed by atoms with Gasteiger partial charge in [-0.2, -0.15) is 5.26 Å². The zero-order valence-electron chi connectivity index (χ0n) is 9.80. The van der Waals surface area contributed by atoms with E-state index in [2.05, 4.69) is 30.3 Å². The number of nitriles is 1. The van der Waals surface area contributed by atoms with Crippen LogP contribution in [0.2, 0.25) is 0 Å². The number of unbranched alkanes of at least 4 members (excludes halogenated alkanes) is 1. The maximum atomic E-state index is 8.80. The molecule has 0 fully saturated rings. The molecule has 2 nitrogen and oxygen atoms in total. The van der Waals surface area contributed by atoms with E-state index in [9.17, 15) is 0 Å². The lowest BCUT2D eigenvalue weighted by Gasteiger charge is -2.00. The lowest BCUT2D eigenvalue weighted by atomic mass is 10.2. The van der Waals surface area contributed by atoms with Crippen molar-refractivity contribution in [2.45, 2.75) is 40.0 Å². The standard InChI is InChI=1S/C13H18N2/c1-5-8-9-13(11(4)6-2)15-12(7-3)10-14/h9H,2,5,7-8H2,1,3-4H3/b13-9+,15-12?. The molecule has 0 aliphatic heterocycles. The Bertz CT molecular complexity index is 347. The Morgan fingerprint density at radius 1 is 1.47 bits per heavy atom. The number of allylic oxidation sites excluding steroid dienone is 2. The average molecular weight is 202 g/mol. The Morgan fingerprint density at radius 3 is 2.53 bits per heavy atom. The highest BCUT2D eigenvalue weighted by molar-refractivity contribution is 5.99. The number of rotatable bonds is 5. The quantitative estimate of drug-likeness (QED) is 0.379. The van der Waals surface area contributed by atoms with Gasteiger partial charge in [0, 0.05) is 5.57 Å². The second kappa shape index (κ2) is 7.79. The lowest BCUT2D eigenvalue weighted by Crippen LogP contribution is -1.93. The molecule has 0 heterocycles. The molecule has 0 amide bonds. The van der Waals surface area contributed by atoms with E-state index in [1.807, 2.05) is 19.9 Å². The third-order valence-corrected chi connectivity index (χ3v) is 2.00. The van der Waals surface area contributed by atoms with E-state index in [0.29, 0.717) is 12.1 Å². The van der Waals surface area contributed by atoms with Gasteiger partial charge < -0.3 is 0 Å². The first kappa shape index (κ1) is 13.4. The Labute approximate surface area is 92.3 Å². The molecule has 80 valence electrons. The fourth-order valence-electron chi connectivity index (χ4n) is 0.983. The summed E-state index contributed by atoms with van der Waals surface area (Å²) in [6, 6.07) is 2.09. The highest BCUT2D eigenvalue weighted by Crippen LogP contribution is 2.12. The summed E-state index contributed by atoms with van der Waals surface area (Å²) in [5.74, 6) is 0. The molecule has 0 saturated carbocycles. The van der Waals surface area contributed by atoms with Crippen LogP contribution in [0.3, 0.4) is 0 Å². The summed E-state index contributed by atoms with van der Waals surface area (Å²) in [5.41, 5.74) is 5.07. The fraction of sp³-hybridized carbons (Fsp3) is 0.462. The summed E-state index contributed by atoms with van der Waals surface area (Å²) < 4.78 is 0. The van der Waals surface area contributed by atoms with Gasteiger partial charge in [-0.1, -0.05) is 32.9 Å². The van der Waals surface area contributed by atoms with Gasteiger partial charge in [-0.15, -0.1) is 5.73 Å². The van der Waals surface area contributed by atoms with Crippen molar-refractivity contribution >= 4 is 5.71 Å². The third-order valence-electron chi connectivity index (χ3n) is 2.00. The van der Waals surface area contributed by atoms with Crippen LogP contribution in [0.4, 0.5) is 0 Å². The maximum Gasteiger partial charge on any atom is 0.118 e. The monoisotopic (exact) mass is 202 g/mol. The molecule has 0 radical (unpaired) electrons. The van der Waals surface area contributed by atoms with Crippen molar-refractivity contribution in [1.29, 1.82) is 5.26 Å². The molecule has 15 heavy (non-hydrogen) atoms. The smallest absolute Gasteiger partial charge is 0.118 e. The van der Waals surface area contributed by atoms with Crippen LogP contribution in [-0.4, -0.2) is 5.71 Å². The van der Waals surface area contributed by atoms with E-state index < -0.39 is 0 Å². The van der Waals surface area contributed by atoms with Crippen LogP contribution >= 0.6 is 0 Å².